The quantitative estimate of drug-likeness (QED) is 0.249. The molecule has 0 radical (unpaired) electrons. The Morgan fingerprint density at radius 1 is 1.30 bits per heavy atom. The van der Waals surface area contributed by atoms with Gasteiger partial charge in [0, 0.05) is 38.5 Å². The van der Waals surface area contributed by atoms with Gasteiger partial charge in [0.15, 0.2) is 5.96 Å². The summed E-state index contributed by atoms with van der Waals surface area (Å²) in [6, 6.07) is 0.693. The Kier molecular flexibility index (Phi) is 12.2. The summed E-state index contributed by atoms with van der Waals surface area (Å²) in [7, 11) is -2.93. The van der Waals surface area contributed by atoms with Crippen molar-refractivity contribution in [2.45, 2.75) is 45.6 Å². The summed E-state index contributed by atoms with van der Waals surface area (Å²) in [6.07, 6.45) is 6.25. The number of guanidine groups is 1. The third-order valence-electron chi connectivity index (χ3n) is 3.92. The lowest BCUT2D eigenvalue weighted by Crippen LogP contribution is -2.40. The number of aliphatic imine (C=N–C) groups is 1. The molecule has 1 aliphatic heterocycles. The number of hydrogen-bond donors (Lipinski definition) is 2. The molecular formula is C15H33IN4O2S. The second-order valence-electron chi connectivity index (χ2n) is 6.05. The molecule has 1 aliphatic rings. The molecule has 0 spiro atoms. The van der Waals surface area contributed by atoms with Gasteiger partial charge in [-0.3, -0.25) is 4.99 Å². The Balaban J connectivity index is 0.00000484. The predicted octanol–water partition coefficient (Wildman–Crippen LogP) is 1.47. The van der Waals surface area contributed by atoms with E-state index in [2.05, 4.69) is 27.4 Å². The largest absolute Gasteiger partial charge is 0.357 e. The van der Waals surface area contributed by atoms with Crippen molar-refractivity contribution in [3.8, 4) is 0 Å². The van der Waals surface area contributed by atoms with E-state index in [0.717, 1.165) is 26.1 Å². The lowest BCUT2D eigenvalue weighted by atomic mass is 10.0. The first kappa shape index (κ1) is 22.9. The van der Waals surface area contributed by atoms with Gasteiger partial charge in [-0.05, 0) is 39.7 Å². The van der Waals surface area contributed by atoms with Crippen LogP contribution in [0.25, 0.3) is 0 Å². The number of piperidine rings is 1. The zero-order chi connectivity index (χ0) is 16.4. The average molecular weight is 460 g/mol. The molecule has 8 heteroatoms. The van der Waals surface area contributed by atoms with Gasteiger partial charge in [-0.25, -0.2) is 8.42 Å². The van der Waals surface area contributed by atoms with E-state index in [-0.39, 0.29) is 29.7 Å². The topological polar surface area (TPSA) is 73.8 Å². The SMILES string of the molecule is CCNC(=NCCCN1CCCCC1C)NCCS(C)(=O)=O.I. The minimum Gasteiger partial charge on any atom is -0.357 e. The molecular weight excluding hydrogens is 427 g/mol. The van der Waals surface area contributed by atoms with Crippen LogP contribution in [0.3, 0.4) is 0 Å². The van der Waals surface area contributed by atoms with Crippen molar-refractivity contribution in [3.05, 3.63) is 0 Å². The molecule has 0 aromatic rings. The van der Waals surface area contributed by atoms with Gasteiger partial charge in [-0.1, -0.05) is 6.42 Å². The Bertz CT molecular complexity index is 443. The summed E-state index contributed by atoms with van der Waals surface area (Å²) >= 11 is 0. The van der Waals surface area contributed by atoms with Crippen molar-refractivity contribution >= 4 is 39.8 Å². The van der Waals surface area contributed by atoms with E-state index in [9.17, 15) is 8.42 Å². The van der Waals surface area contributed by atoms with Crippen LogP contribution in [0.1, 0.15) is 39.5 Å². The first-order valence-corrected chi connectivity index (χ1v) is 10.4. The van der Waals surface area contributed by atoms with E-state index in [0.29, 0.717) is 18.5 Å². The van der Waals surface area contributed by atoms with Crippen LogP contribution in [0.5, 0.6) is 0 Å². The van der Waals surface area contributed by atoms with Crippen LogP contribution in [-0.2, 0) is 9.84 Å². The van der Waals surface area contributed by atoms with Crippen LogP contribution >= 0.6 is 24.0 Å². The van der Waals surface area contributed by atoms with Crippen molar-refractivity contribution in [1.82, 2.24) is 15.5 Å². The lowest BCUT2D eigenvalue weighted by molar-refractivity contribution is 0.160. The van der Waals surface area contributed by atoms with Crippen molar-refractivity contribution < 1.29 is 8.42 Å². The molecule has 1 rings (SSSR count). The molecule has 0 aliphatic carbocycles. The average Bonchev–Trinajstić information content (AvgIpc) is 2.44. The summed E-state index contributed by atoms with van der Waals surface area (Å²) in [6.45, 7) is 8.53. The van der Waals surface area contributed by atoms with Gasteiger partial charge in [0.2, 0.25) is 0 Å². The molecule has 0 aromatic carbocycles. The Hall–Kier alpha value is -0.0900. The maximum absolute atomic E-state index is 11.1. The van der Waals surface area contributed by atoms with Crippen molar-refractivity contribution in [2.75, 3.05) is 44.7 Å². The van der Waals surface area contributed by atoms with Gasteiger partial charge >= 0.3 is 0 Å². The van der Waals surface area contributed by atoms with E-state index in [1.807, 2.05) is 6.92 Å². The monoisotopic (exact) mass is 460 g/mol. The first-order valence-electron chi connectivity index (χ1n) is 8.36. The van der Waals surface area contributed by atoms with Gasteiger partial charge in [0.25, 0.3) is 0 Å². The van der Waals surface area contributed by atoms with Crippen molar-refractivity contribution in [3.63, 3.8) is 0 Å². The van der Waals surface area contributed by atoms with Gasteiger partial charge in [0.05, 0.1) is 5.75 Å². The zero-order valence-corrected chi connectivity index (χ0v) is 17.8. The Morgan fingerprint density at radius 2 is 2.04 bits per heavy atom. The molecule has 2 N–H and O–H groups in total. The molecule has 23 heavy (non-hydrogen) atoms. The fourth-order valence-electron chi connectivity index (χ4n) is 2.65. The maximum Gasteiger partial charge on any atom is 0.191 e. The van der Waals surface area contributed by atoms with Crippen LogP contribution in [-0.4, -0.2) is 70.1 Å². The minimum absolute atomic E-state index is 0. The van der Waals surface area contributed by atoms with Crippen LogP contribution in [0.15, 0.2) is 4.99 Å². The van der Waals surface area contributed by atoms with E-state index in [1.165, 1.54) is 32.1 Å². The Morgan fingerprint density at radius 3 is 2.65 bits per heavy atom. The maximum atomic E-state index is 11.1. The fourth-order valence-corrected chi connectivity index (χ4v) is 3.12. The number of sulfone groups is 1. The Labute approximate surface area is 158 Å². The van der Waals surface area contributed by atoms with Gasteiger partial charge < -0.3 is 15.5 Å². The molecule has 0 aromatic heterocycles. The molecule has 1 atom stereocenters. The number of rotatable bonds is 8. The number of likely N-dealkylation sites (tertiary alicyclic amines) is 1. The van der Waals surface area contributed by atoms with Gasteiger partial charge in [-0.15, -0.1) is 24.0 Å². The molecule has 0 bridgehead atoms. The smallest absolute Gasteiger partial charge is 0.191 e. The molecule has 1 saturated heterocycles. The normalized spacial score (nSPS) is 20.0. The molecule has 1 fully saturated rings. The van der Waals surface area contributed by atoms with Crippen LogP contribution < -0.4 is 10.6 Å². The molecule has 0 amide bonds. The lowest BCUT2D eigenvalue weighted by Gasteiger charge is -2.33. The summed E-state index contributed by atoms with van der Waals surface area (Å²) in [4.78, 5) is 7.06. The number of nitrogens with zero attached hydrogens (tertiary/aromatic N) is 2. The van der Waals surface area contributed by atoms with Crippen LogP contribution in [0.2, 0.25) is 0 Å². The van der Waals surface area contributed by atoms with E-state index in [1.54, 1.807) is 0 Å². The fraction of sp³-hybridized carbons (Fsp3) is 0.933. The van der Waals surface area contributed by atoms with Crippen LogP contribution in [0, 0.1) is 0 Å². The number of halogens is 1. The van der Waals surface area contributed by atoms with Crippen molar-refractivity contribution in [2.24, 2.45) is 4.99 Å². The van der Waals surface area contributed by atoms with E-state index in [4.69, 9.17) is 0 Å². The molecule has 138 valence electrons. The van der Waals surface area contributed by atoms with Crippen LogP contribution in [0.4, 0.5) is 0 Å². The molecule has 1 unspecified atom stereocenters. The highest BCUT2D eigenvalue weighted by molar-refractivity contribution is 14.0. The van der Waals surface area contributed by atoms with E-state index < -0.39 is 9.84 Å². The van der Waals surface area contributed by atoms with Gasteiger partial charge in [0.1, 0.15) is 9.84 Å². The molecule has 1 heterocycles. The number of nitrogens with one attached hydrogen (secondary N) is 2. The molecule has 0 saturated carbocycles. The second kappa shape index (κ2) is 12.3. The summed E-state index contributed by atoms with van der Waals surface area (Å²) in [5.74, 6) is 0.834. The predicted molar refractivity (Wildman–Crippen MR) is 109 cm³/mol. The second-order valence-corrected chi connectivity index (χ2v) is 8.31. The minimum atomic E-state index is -2.93. The highest BCUT2D eigenvalue weighted by atomic mass is 127. The number of hydrogen-bond acceptors (Lipinski definition) is 4. The summed E-state index contributed by atoms with van der Waals surface area (Å²) < 4.78 is 22.3. The van der Waals surface area contributed by atoms with Gasteiger partial charge in [-0.2, -0.15) is 0 Å². The highest BCUT2D eigenvalue weighted by Crippen LogP contribution is 2.16. The zero-order valence-electron chi connectivity index (χ0n) is 14.7. The summed E-state index contributed by atoms with van der Waals surface area (Å²) in [5.41, 5.74) is 0. The highest BCUT2D eigenvalue weighted by Gasteiger charge is 2.16. The third kappa shape index (κ3) is 11.1. The molecule has 6 nitrogen and oxygen atoms in total. The van der Waals surface area contributed by atoms with E-state index >= 15 is 0 Å². The van der Waals surface area contributed by atoms with Crippen molar-refractivity contribution in [1.29, 1.82) is 0 Å². The standard InChI is InChI=1S/C15H32N4O2S.HI/c1-4-16-15(18-10-13-22(3,20)21)17-9-7-12-19-11-6-5-8-14(19)2;/h14H,4-13H2,1-3H3,(H2,16,17,18);1H. The first-order chi connectivity index (χ1) is 10.4. The summed E-state index contributed by atoms with van der Waals surface area (Å²) in [5, 5.41) is 6.22. The third-order valence-corrected chi connectivity index (χ3v) is 4.87.